The van der Waals surface area contributed by atoms with E-state index in [1.807, 2.05) is 0 Å². The maximum Gasteiger partial charge on any atom is 0.231 e. The van der Waals surface area contributed by atoms with E-state index in [1.54, 1.807) is 48.5 Å². The molecular formula is C25H21FO6. The van der Waals surface area contributed by atoms with Gasteiger partial charge < -0.3 is 23.7 Å². The lowest BCUT2D eigenvalue weighted by atomic mass is 10.1. The van der Waals surface area contributed by atoms with Gasteiger partial charge in [0.1, 0.15) is 23.9 Å². The second-order valence-electron chi connectivity index (χ2n) is 6.97. The molecule has 164 valence electrons. The van der Waals surface area contributed by atoms with Crippen LogP contribution in [-0.2, 0) is 6.61 Å². The van der Waals surface area contributed by atoms with Crippen molar-refractivity contribution in [1.82, 2.24) is 0 Å². The molecule has 0 atom stereocenters. The molecule has 0 saturated heterocycles. The largest absolute Gasteiger partial charge is 0.493 e. The van der Waals surface area contributed by atoms with Gasteiger partial charge in [-0.2, -0.15) is 0 Å². The Morgan fingerprint density at radius 2 is 1.59 bits per heavy atom. The summed E-state index contributed by atoms with van der Waals surface area (Å²) in [6, 6.07) is 14.5. The standard InChI is InChI=1S/C25H21FO6/c1-28-22-11-16(12-23(29-2)25(22)30-3)10-21-24(27)19-9-8-18(13-20(19)32-21)31-14-15-4-6-17(26)7-5-15/h4-13H,14H2,1-3H3/b21-10-. The Morgan fingerprint density at radius 1 is 0.906 bits per heavy atom. The number of fused-ring (bicyclic) bond motifs is 1. The van der Waals surface area contributed by atoms with E-state index in [0.29, 0.717) is 39.9 Å². The highest BCUT2D eigenvalue weighted by Crippen LogP contribution is 2.40. The van der Waals surface area contributed by atoms with Gasteiger partial charge in [-0.3, -0.25) is 4.79 Å². The number of methoxy groups -OCH3 is 3. The van der Waals surface area contributed by atoms with Crippen LogP contribution >= 0.6 is 0 Å². The summed E-state index contributed by atoms with van der Waals surface area (Å²) < 4.78 is 40.6. The maximum atomic E-state index is 13.0. The van der Waals surface area contributed by atoms with Crippen LogP contribution < -0.4 is 23.7 Å². The molecule has 0 amide bonds. The summed E-state index contributed by atoms with van der Waals surface area (Å²) in [4.78, 5) is 12.8. The zero-order valence-corrected chi connectivity index (χ0v) is 17.8. The fourth-order valence-corrected chi connectivity index (χ4v) is 3.34. The minimum Gasteiger partial charge on any atom is -0.493 e. The minimum atomic E-state index is -0.301. The van der Waals surface area contributed by atoms with Gasteiger partial charge in [0.25, 0.3) is 0 Å². The quantitative estimate of drug-likeness (QED) is 0.483. The molecule has 0 aliphatic carbocycles. The van der Waals surface area contributed by atoms with Crippen molar-refractivity contribution < 1.29 is 32.9 Å². The van der Waals surface area contributed by atoms with Gasteiger partial charge in [0.05, 0.1) is 26.9 Å². The summed E-state index contributed by atoms with van der Waals surface area (Å²) in [6.45, 7) is 0.265. The molecule has 0 saturated carbocycles. The Kier molecular flexibility index (Phi) is 5.98. The molecule has 0 radical (unpaired) electrons. The van der Waals surface area contributed by atoms with Crippen LogP contribution in [-0.4, -0.2) is 27.1 Å². The van der Waals surface area contributed by atoms with E-state index >= 15 is 0 Å². The van der Waals surface area contributed by atoms with Crippen molar-refractivity contribution in [3.05, 3.63) is 82.9 Å². The first-order chi connectivity index (χ1) is 15.5. The SMILES string of the molecule is COc1cc(/C=C2\Oc3cc(OCc4ccc(F)cc4)ccc3C2=O)cc(OC)c1OC. The van der Waals surface area contributed by atoms with E-state index < -0.39 is 0 Å². The topological polar surface area (TPSA) is 63.2 Å². The highest BCUT2D eigenvalue weighted by molar-refractivity contribution is 6.14. The molecule has 0 aromatic heterocycles. The van der Waals surface area contributed by atoms with Crippen LogP contribution in [0.5, 0.6) is 28.7 Å². The summed E-state index contributed by atoms with van der Waals surface area (Å²) in [7, 11) is 4.57. The Bertz CT molecular complexity index is 1160. The minimum absolute atomic E-state index is 0.171. The molecule has 0 unspecified atom stereocenters. The van der Waals surface area contributed by atoms with Gasteiger partial charge in [-0.25, -0.2) is 4.39 Å². The first-order valence-corrected chi connectivity index (χ1v) is 9.78. The lowest BCUT2D eigenvalue weighted by Gasteiger charge is -2.13. The van der Waals surface area contributed by atoms with Crippen LogP contribution in [0.15, 0.2) is 60.4 Å². The molecule has 0 N–H and O–H groups in total. The second-order valence-corrected chi connectivity index (χ2v) is 6.97. The summed E-state index contributed by atoms with van der Waals surface area (Å²) >= 11 is 0. The van der Waals surface area contributed by atoms with Crippen molar-refractivity contribution in [2.24, 2.45) is 0 Å². The molecule has 32 heavy (non-hydrogen) atoms. The van der Waals surface area contributed by atoms with E-state index in [9.17, 15) is 9.18 Å². The zero-order valence-electron chi connectivity index (χ0n) is 17.8. The van der Waals surface area contributed by atoms with Gasteiger partial charge in [0.15, 0.2) is 17.3 Å². The number of rotatable bonds is 7. The third kappa shape index (κ3) is 4.23. The number of carbonyl (C=O) groups is 1. The zero-order chi connectivity index (χ0) is 22.7. The number of carbonyl (C=O) groups excluding carboxylic acids is 1. The molecule has 0 spiro atoms. The van der Waals surface area contributed by atoms with Gasteiger partial charge in [-0.05, 0) is 53.6 Å². The first-order valence-electron chi connectivity index (χ1n) is 9.78. The number of halogens is 1. The maximum absolute atomic E-state index is 13.0. The number of benzene rings is 3. The average Bonchev–Trinajstić information content (AvgIpc) is 3.12. The summed E-state index contributed by atoms with van der Waals surface area (Å²) in [6.07, 6.45) is 1.62. The molecule has 4 rings (SSSR count). The number of ketones is 1. The van der Waals surface area contributed by atoms with Crippen LogP contribution in [0.25, 0.3) is 6.08 Å². The fraction of sp³-hybridized carbons (Fsp3) is 0.160. The van der Waals surface area contributed by atoms with E-state index in [1.165, 1.54) is 33.5 Å². The van der Waals surface area contributed by atoms with Crippen LogP contribution in [0.3, 0.4) is 0 Å². The Hall–Kier alpha value is -4.00. The normalized spacial score (nSPS) is 13.5. The molecule has 0 fully saturated rings. The van der Waals surface area contributed by atoms with E-state index in [2.05, 4.69) is 0 Å². The van der Waals surface area contributed by atoms with Crippen LogP contribution in [0.1, 0.15) is 21.5 Å². The number of ether oxygens (including phenoxy) is 5. The van der Waals surface area contributed by atoms with Crippen molar-refractivity contribution in [1.29, 1.82) is 0 Å². The van der Waals surface area contributed by atoms with Gasteiger partial charge >= 0.3 is 0 Å². The van der Waals surface area contributed by atoms with Crippen LogP contribution in [0.2, 0.25) is 0 Å². The van der Waals surface area contributed by atoms with E-state index in [0.717, 1.165) is 5.56 Å². The van der Waals surface area contributed by atoms with Crippen LogP contribution in [0.4, 0.5) is 4.39 Å². The third-order valence-corrected chi connectivity index (χ3v) is 4.94. The molecule has 1 heterocycles. The van der Waals surface area contributed by atoms with Crippen molar-refractivity contribution >= 4 is 11.9 Å². The van der Waals surface area contributed by atoms with Crippen molar-refractivity contribution in [3.63, 3.8) is 0 Å². The third-order valence-electron chi connectivity index (χ3n) is 4.94. The van der Waals surface area contributed by atoms with Crippen molar-refractivity contribution in [2.45, 2.75) is 6.61 Å². The van der Waals surface area contributed by atoms with Gasteiger partial charge in [-0.15, -0.1) is 0 Å². The summed E-state index contributed by atoms with van der Waals surface area (Å²) in [5.41, 5.74) is 1.92. The summed E-state index contributed by atoms with van der Waals surface area (Å²) in [5, 5.41) is 0. The lowest BCUT2D eigenvalue weighted by molar-refractivity contribution is 0.101. The molecule has 3 aromatic rings. The molecule has 7 heteroatoms. The highest BCUT2D eigenvalue weighted by atomic mass is 19.1. The fourth-order valence-electron chi connectivity index (χ4n) is 3.34. The van der Waals surface area contributed by atoms with Gasteiger partial charge in [0.2, 0.25) is 11.5 Å². The summed E-state index contributed by atoms with van der Waals surface area (Å²) in [5.74, 6) is 1.98. The van der Waals surface area contributed by atoms with E-state index in [-0.39, 0.29) is 24.0 Å². The number of allylic oxidation sites excluding steroid dienone is 1. The number of hydrogen-bond acceptors (Lipinski definition) is 6. The molecular weight excluding hydrogens is 415 g/mol. The highest BCUT2D eigenvalue weighted by Gasteiger charge is 2.28. The Morgan fingerprint density at radius 3 is 2.22 bits per heavy atom. The molecule has 3 aromatic carbocycles. The van der Waals surface area contributed by atoms with Gasteiger partial charge in [0, 0.05) is 6.07 Å². The monoisotopic (exact) mass is 436 g/mol. The van der Waals surface area contributed by atoms with Crippen molar-refractivity contribution in [2.75, 3.05) is 21.3 Å². The van der Waals surface area contributed by atoms with Crippen LogP contribution in [0, 0.1) is 5.82 Å². The molecule has 1 aliphatic heterocycles. The predicted molar refractivity (Wildman–Crippen MR) is 116 cm³/mol. The first kappa shape index (κ1) is 21.2. The smallest absolute Gasteiger partial charge is 0.231 e. The molecule has 0 bridgehead atoms. The second kappa shape index (κ2) is 9.01. The Balaban J connectivity index is 1.55. The molecule has 6 nitrogen and oxygen atoms in total. The Labute approximate surface area is 184 Å². The molecule has 1 aliphatic rings. The average molecular weight is 436 g/mol. The predicted octanol–water partition coefficient (Wildman–Crippen LogP) is 5.05. The number of hydrogen-bond donors (Lipinski definition) is 0. The van der Waals surface area contributed by atoms with Gasteiger partial charge in [-0.1, -0.05) is 12.1 Å². The lowest BCUT2D eigenvalue weighted by Crippen LogP contribution is -1.99. The van der Waals surface area contributed by atoms with Crippen molar-refractivity contribution in [3.8, 4) is 28.7 Å². The number of Topliss-reactive ketones (excluding diaryl/α,β-unsaturated/α-hetero) is 1. The van der Waals surface area contributed by atoms with E-state index in [4.69, 9.17) is 23.7 Å².